The van der Waals surface area contributed by atoms with Crippen LogP contribution in [0.3, 0.4) is 0 Å². The monoisotopic (exact) mass is 474 g/mol. The summed E-state index contributed by atoms with van der Waals surface area (Å²) in [5.41, 5.74) is 9.97. The number of aromatic nitrogens is 1. The van der Waals surface area contributed by atoms with E-state index in [2.05, 4.69) is 25.1 Å². The van der Waals surface area contributed by atoms with Crippen LogP contribution in [0, 0.1) is 0 Å². The second-order valence-electron chi connectivity index (χ2n) is 5.26. The first kappa shape index (κ1) is 29.2. The van der Waals surface area contributed by atoms with Crippen molar-refractivity contribution < 1.29 is 103 Å². The summed E-state index contributed by atoms with van der Waals surface area (Å²) in [7, 11) is 0. The molecule has 0 saturated carbocycles. The minimum atomic E-state index is -1.66. The van der Waals surface area contributed by atoms with Crippen molar-refractivity contribution in [2.75, 3.05) is 18.9 Å². The SMILES string of the molecule is NC(=O)[C@@H]1[C@@H](NC(=O)/C(=N\OCC(=O)[O-])c2csc(N)n2)C(=O)N1OCC(=O)[O-].[Na+].[Na+]. The number of hydrogen-bond donors (Lipinski definition) is 3. The number of carbonyl (C=O) groups is 5. The second-order valence-corrected chi connectivity index (χ2v) is 6.15. The van der Waals surface area contributed by atoms with Gasteiger partial charge in [-0.2, -0.15) is 0 Å². The first-order chi connectivity index (χ1) is 13.6. The molecule has 5 N–H and O–H groups in total. The minimum absolute atomic E-state index is 0. The number of oxime groups is 1. The van der Waals surface area contributed by atoms with Crippen molar-refractivity contribution in [1.29, 1.82) is 0 Å². The molecule has 0 bridgehead atoms. The minimum Gasteiger partial charge on any atom is -0.548 e. The zero-order valence-electron chi connectivity index (χ0n) is 16.2. The third kappa shape index (κ3) is 7.69. The van der Waals surface area contributed by atoms with Crippen molar-refractivity contribution in [2.24, 2.45) is 10.9 Å². The van der Waals surface area contributed by atoms with E-state index in [-0.39, 0.29) is 69.9 Å². The first-order valence-corrected chi connectivity index (χ1v) is 8.37. The number of nitrogens with one attached hydrogen (secondary N) is 1. The molecule has 18 heteroatoms. The quantitative estimate of drug-likeness (QED) is 0.124. The van der Waals surface area contributed by atoms with Gasteiger partial charge in [0, 0.05) is 5.38 Å². The number of carbonyl (C=O) groups excluding carboxylic acids is 5. The summed E-state index contributed by atoms with van der Waals surface area (Å²) in [5, 5.41) is 28.1. The Morgan fingerprint density at radius 3 is 2.32 bits per heavy atom. The number of nitrogens with two attached hydrogens (primary N) is 2. The van der Waals surface area contributed by atoms with Crippen LogP contribution in [0.2, 0.25) is 0 Å². The number of hydroxylamine groups is 2. The van der Waals surface area contributed by atoms with Crippen LogP contribution in [0.5, 0.6) is 0 Å². The molecule has 0 aliphatic carbocycles. The van der Waals surface area contributed by atoms with Gasteiger partial charge in [-0.3, -0.25) is 19.2 Å². The van der Waals surface area contributed by atoms with Crippen LogP contribution in [0.25, 0.3) is 0 Å². The zero-order chi connectivity index (χ0) is 21.7. The molecule has 156 valence electrons. The van der Waals surface area contributed by atoms with Gasteiger partial charge in [-0.1, -0.05) is 5.16 Å². The fourth-order valence-electron chi connectivity index (χ4n) is 2.11. The molecule has 0 aromatic carbocycles. The molecular formula is C13H12N6Na2O9S. The number of aliphatic carboxylic acids is 2. The molecule has 2 heterocycles. The molecule has 0 spiro atoms. The molecular weight excluding hydrogens is 462 g/mol. The van der Waals surface area contributed by atoms with Crippen LogP contribution < -0.4 is 86.1 Å². The Morgan fingerprint density at radius 1 is 1.23 bits per heavy atom. The van der Waals surface area contributed by atoms with E-state index in [4.69, 9.17) is 11.5 Å². The predicted molar refractivity (Wildman–Crippen MR) is 86.7 cm³/mol. The van der Waals surface area contributed by atoms with Gasteiger partial charge in [0.15, 0.2) is 23.5 Å². The van der Waals surface area contributed by atoms with E-state index in [1.165, 1.54) is 5.38 Å². The number of anilines is 1. The van der Waals surface area contributed by atoms with Crippen molar-refractivity contribution in [3.63, 3.8) is 0 Å². The van der Waals surface area contributed by atoms with E-state index in [0.29, 0.717) is 5.06 Å². The van der Waals surface area contributed by atoms with Gasteiger partial charge in [0.05, 0.1) is 11.9 Å². The molecule has 3 amide bonds. The van der Waals surface area contributed by atoms with Crippen molar-refractivity contribution in [3.05, 3.63) is 11.1 Å². The van der Waals surface area contributed by atoms with Gasteiger partial charge < -0.3 is 41.4 Å². The molecule has 1 saturated heterocycles. The maximum atomic E-state index is 12.5. The number of thiazole rings is 1. The Hall–Kier alpha value is -1.79. The fourth-order valence-corrected chi connectivity index (χ4v) is 2.66. The molecule has 1 aromatic rings. The number of rotatable bonds is 10. The van der Waals surface area contributed by atoms with Crippen molar-refractivity contribution in [3.8, 4) is 0 Å². The average molecular weight is 474 g/mol. The molecule has 2 atom stereocenters. The number of carboxylic acids is 2. The fraction of sp³-hybridized carbons (Fsp3) is 0.308. The third-order valence-corrected chi connectivity index (χ3v) is 3.94. The molecule has 1 aliphatic rings. The molecule has 31 heavy (non-hydrogen) atoms. The Labute approximate surface area is 221 Å². The summed E-state index contributed by atoms with van der Waals surface area (Å²) >= 11 is 0.935. The van der Waals surface area contributed by atoms with Gasteiger partial charge in [0.2, 0.25) is 5.91 Å². The molecule has 1 aromatic heterocycles. The van der Waals surface area contributed by atoms with Crippen LogP contribution in [0.4, 0.5) is 5.13 Å². The zero-order valence-corrected chi connectivity index (χ0v) is 21.0. The van der Waals surface area contributed by atoms with Gasteiger partial charge in [-0.05, 0) is 0 Å². The number of β-lactam (4-membered cyclic amide) rings is 1. The van der Waals surface area contributed by atoms with Crippen molar-refractivity contribution in [1.82, 2.24) is 15.4 Å². The van der Waals surface area contributed by atoms with Gasteiger partial charge in [0.1, 0.15) is 18.3 Å². The Kier molecular flexibility index (Phi) is 12.2. The Bertz CT molecular complexity index is 895. The van der Waals surface area contributed by atoms with E-state index < -0.39 is 60.7 Å². The molecule has 15 nitrogen and oxygen atoms in total. The molecule has 0 radical (unpaired) electrons. The van der Waals surface area contributed by atoms with Crippen molar-refractivity contribution >= 4 is 51.8 Å². The van der Waals surface area contributed by atoms with Crippen molar-refractivity contribution in [2.45, 2.75) is 12.1 Å². The summed E-state index contributed by atoms with van der Waals surface area (Å²) in [5.74, 6) is -6.43. The van der Waals surface area contributed by atoms with Gasteiger partial charge >= 0.3 is 59.1 Å². The maximum absolute atomic E-state index is 12.5. The maximum Gasteiger partial charge on any atom is 1.00 e. The summed E-state index contributed by atoms with van der Waals surface area (Å²) in [4.78, 5) is 69.8. The summed E-state index contributed by atoms with van der Waals surface area (Å²) < 4.78 is 0. The smallest absolute Gasteiger partial charge is 0.548 e. The largest absolute Gasteiger partial charge is 1.00 e. The molecule has 1 fully saturated rings. The molecule has 1 aliphatic heterocycles. The van der Waals surface area contributed by atoms with Gasteiger partial charge in [-0.15, -0.1) is 11.3 Å². The number of hydrogen-bond acceptors (Lipinski definition) is 13. The van der Waals surface area contributed by atoms with E-state index in [9.17, 15) is 34.2 Å². The Morgan fingerprint density at radius 2 is 1.84 bits per heavy atom. The number of nitrogen functional groups attached to an aromatic ring is 1. The number of amides is 3. The van der Waals surface area contributed by atoms with Crippen LogP contribution in [-0.4, -0.2) is 70.7 Å². The predicted octanol–water partition coefficient (Wildman–Crippen LogP) is -11.9. The van der Waals surface area contributed by atoms with E-state index in [1.807, 2.05) is 0 Å². The van der Waals surface area contributed by atoms with Gasteiger partial charge in [-0.25, -0.2) is 10.0 Å². The standard InChI is InChI=1S/C13H14N6O9S.2Na/c14-10(24)9-8(12(26)19(9)28-2-6(22)23)17-11(25)7(18-27-1-5(20)21)4-3-29-13(15)16-4;;/h3,8-9H,1-2H2,(H2,14,24)(H2,15,16)(H,17,25)(H,20,21)(H,22,23);;/q;2*+1/p-2/b18-7-;;/t8-,9+;;/m1../s1. The van der Waals surface area contributed by atoms with Crippen LogP contribution in [0.15, 0.2) is 10.5 Å². The summed E-state index contributed by atoms with van der Waals surface area (Å²) in [6, 6.07) is -3.03. The third-order valence-electron chi connectivity index (χ3n) is 3.27. The summed E-state index contributed by atoms with van der Waals surface area (Å²) in [6.07, 6.45) is 0. The van der Waals surface area contributed by atoms with Crippen LogP contribution in [-0.2, 0) is 33.6 Å². The Balaban J connectivity index is 0.00000450. The number of primary amides is 1. The van der Waals surface area contributed by atoms with Crippen LogP contribution in [0.1, 0.15) is 5.69 Å². The second kappa shape index (κ2) is 12.9. The van der Waals surface area contributed by atoms with E-state index in [1.54, 1.807) is 0 Å². The number of carboxylic acid groups (broad SMARTS) is 2. The summed E-state index contributed by atoms with van der Waals surface area (Å²) in [6.45, 7) is -2.01. The van der Waals surface area contributed by atoms with E-state index in [0.717, 1.165) is 11.3 Å². The topological polar surface area (TPSA) is 242 Å². The van der Waals surface area contributed by atoms with Crippen LogP contribution >= 0.6 is 11.3 Å². The first-order valence-electron chi connectivity index (χ1n) is 7.49. The van der Waals surface area contributed by atoms with E-state index >= 15 is 0 Å². The normalized spacial score (nSPS) is 17.5. The number of nitrogens with zero attached hydrogens (tertiary/aromatic N) is 3. The van der Waals surface area contributed by atoms with Gasteiger partial charge in [0.25, 0.3) is 11.8 Å². The molecule has 2 rings (SSSR count). The molecule has 0 unspecified atom stereocenters. The average Bonchev–Trinajstić information content (AvgIpc) is 3.05.